The van der Waals surface area contributed by atoms with Crippen LogP contribution in [0, 0.1) is 11.8 Å². The second kappa shape index (κ2) is 3.11. The van der Waals surface area contributed by atoms with Gasteiger partial charge in [-0.3, -0.25) is 4.79 Å². The van der Waals surface area contributed by atoms with Crippen LogP contribution in [0.4, 0.5) is 0 Å². The summed E-state index contributed by atoms with van der Waals surface area (Å²) in [6, 6.07) is 0. The van der Waals surface area contributed by atoms with Crippen molar-refractivity contribution in [2.45, 2.75) is 12.5 Å². The number of carbonyl (C=O) groups excluding carboxylic acids is 1. The molecule has 0 spiro atoms. The highest BCUT2D eigenvalue weighted by molar-refractivity contribution is 6.12. The Morgan fingerprint density at radius 2 is 2.00 bits per heavy atom. The molecule has 0 heterocycles. The van der Waals surface area contributed by atoms with E-state index < -0.39 is 11.4 Å². The van der Waals surface area contributed by atoms with Crippen molar-refractivity contribution >= 4 is 5.78 Å². The van der Waals surface area contributed by atoms with Gasteiger partial charge >= 0.3 is 0 Å². The fourth-order valence-corrected chi connectivity index (χ4v) is 1.19. The predicted molar refractivity (Wildman–Crippen MR) is 44.5 cm³/mol. The van der Waals surface area contributed by atoms with Gasteiger partial charge in [-0.2, -0.15) is 0 Å². The van der Waals surface area contributed by atoms with Crippen LogP contribution in [0.3, 0.4) is 0 Å². The van der Waals surface area contributed by atoms with E-state index in [2.05, 4.69) is 11.8 Å². The molecule has 0 amide bonds. The zero-order valence-electron chi connectivity index (χ0n) is 7.67. The molecule has 0 aromatic carbocycles. The number of rotatable bonds is 2. The number of aliphatic hydroxyl groups is 1. The normalized spacial score (nSPS) is 26.0. The van der Waals surface area contributed by atoms with E-state index in [9.17, 15) is 9.90 Å². The summed E-state index contributed by atoms with van der Waals surface area (Å²) in [6.45, 7) is 1.53. The number of hydrogen-bond donors (Lipinski definition) is 1. The summed E-state index contributed by atoms with van der Waals surface area (Å²) >= 11 is 0. The Balaban J connectivity index is 3.13. The average Bonchev–Trinajstić information content (AvgIpc) is 2.13. The van der Waals surface area contributed by atoms with Crippen LogP contribution in [0.25, 0.3) is 0 Å². The van der Waals surface area contributed by atoms with Crippen LogP contribution < -0.4 is 0 Å². The van der Waals surface area contributed by atoms with Crippen LogP contribution >= 0.6 is 0 Å². The van der Waals surface area contributed by atoms with Gasteiger partial charge in [0.2, 0.25) is 5.76 Å². The molecule has 4 nitrogen and oxygen atoms in total. The molecule has 70 valence electrons. The zero-order chi connectivity index (χ0) is 10.1. The van der Waals surface area contributed by atoms with Gasteiger partial charge in [0.05, 0.1) is 14.2 Å². The lowest BCUT2D eigenvalue weighted by molar-refractivity contribution is -0.138. The van der Waals surface area contributed by atoms with E-state index in [1.54, 1.807) is 0 Å². The number of methoxy groups -OCH3 is 2. The monoisotopic (exact) mass is 182 g/mol. The minimum absolute atomic E-state index is 0.0350. The molecule has 0 fully saturated rings. The molecule has 0 unspecified atom stereocenters. The Hall–Kier alpha value is -1.47. The molecule has 1 atom stereocenters. The van der Waals surface area contributed by atoms with E-state index in [1.165, 1.54) is 21.1 Å². The van der Waals surface area contributed by atoms with Gasteiger partial charge in [-0.15, -0.1) is 5.92 Å². The fourth-order valence-electron chi connectivity index (χ4n) is 1.19. The molecular formula is C9H10O4. The zero-order valence-corrected chi connectivity index (χ0v) is 7.67. The molecule has 1 aliphatic carbocycles. The van der Waals surface area contributed by atoms with E-state index in [1.807, 2.05) is 0 Å². The van der Waals surface area contributed by atoms with Crippen molar-refractivity contribution in [3.05, 3.63) is 11.5 Å². The van der Waals surface area contributed by atoms with E-state index >= 15 is 0 Å². The Bertz CT molecular complexity index is 331. The molecule has 0 saturated heterocycles. The highest BCUT2D eigenvalue weighted by Crippen LogP contribution is 2.35. The van der Waals surface area contributed by atoms with Gasteiger partial charge in [0.1, 0.15) is 0 Å². The van der Waals surface area contributed by atoms with E-state index in [0.29, 0.717) is 0 Å². The first-order chi connectivity index (χ1) is 6.11. The number of ketones is 1. The molecule has 0 aromatic heterocycles. The van der Waals surface area contributed by atoms with Gasteiger partial charge in [0.15, 0.2) is 5.76 Å². The SMILES string of the molecule is CC#C[C@@]1(O)C(=O)C(OC)=C1OC. The van der Waals surface area contributed by atoms with Crippen molar-refractivity contribution in [3.63, 3.8) is 0 Å². The number of hydrogen-bond acceptors (Lipinski definition) is 4. The maximum absolute atomic E-state index is 11.3. The van der Waals surface area contributed by atoms with Crippen molar-refractivity contribution in [3.8, 4) is 11.8 Å². The largest absolute Gasteiger partial charge is 0.493 e. The highest BCUT2D eigenvalue weighted by atomic mass is 16.5. The first-order valence-corrected chi connectivity index (χ1v) is 3.65. The lowest BCUT2D eigenvalue weighted by atomic mass is 9.83. The first kappa shape index (κ1) is 9.62. The third kappa shape index (κ3) is 1.09. The molecule has 1 N–H and O–H groups in total. The van der Waals surface area contributed by atoms with Gasteiger partial charge < -0.3 is 14.6 Å². The van der Waals surface area contributed by atoms with E-state index in [4.69, 9.17) is 9.47 Å². The minimum Gasteiger partial charge on any atom is -0.493 e. The number of carbonyl (C=O) groups is 1. The quantitative estimate of drug-likeness (QED) is 0.602. The van der Waals surface area contributed by atoms with Crippen LogP contribution in [-0.4, -0.2) is 30.7 Å². The van der Waals surface area contributed by atoms with Crippen LogP contribution in [0.2, 0.25) is 0 Å². The standard InChI is InChI=1S/C9H10O4/c1-4-5-9(11)7(10)6(12-2)8(9)13-3/h11H,1-3H3/t9-/m1/s1. The Morgan fingerprint density at radius 3 is 2.38 bits per heavy atom. The molecule has 0 aromatic rings. The van der Waals surface area contributed by atoms with Gasteiger partial charge in [0, 0.05) is 0 Å². The summed E-state index contributed by atoms with van der Waals surface area (Å²) in [5, 5.41) is 9.65. The minimum atomic E-state index is -1.80. The van der Waals surface area contributed by atoms with Gasteiger partial charge in [-0.1, -0.05) is 5.92 Å². The van der Waals surface area contributed by atoms with Crippen LogP contribution in [0.15, 0.2) is 11.5 Å². The smallest absolute Gasteiger partial charge is 0.254 e. The molecule has 1 rings (SSSR count). The first-order valence-electron chi connectivity index (χ1n) is 3.65. The summed E-state index contributed by atoms with van der Waals surface area (Å²) in [5.41, 5.74) is -1.80. The van der Waals surface area contributed by atoms with E-state index in [0.717, 1.165) is 0 Å². The summed E-state index contributed by atoms with van der Waals surface area (Å²) < 4.78 is 9.53. The second-order valence-electron chi connectivity index (χ2n) is 2.48. The van der Waals surface area contributed by atoms with E-state index in [-0.39, 0.29) is 11.5 Å². The topological polar surface area (TPSA) is 55.8 Å². The maximum atomic E-state index is 11.3. The second-order valence-corrected chi connectivity index (χ2v) is 2.48. The Kier molecular flexibility index (Phi) is 2.30. The summed E-state index contributed by atoms with van der Waals surface area (Å²) in [5.74, 6) is 4.38. The molecule has 0 saturated carbocycles. The molecule has 0 bridgehead atoms. The van der Waals surface area contributed by atoms with Gasteiger partial charge in [-0.25, -0.2) is 0 Å². The number of ether oxygens (including phenoxy) is 2. The lowest BCUT2D eigenvalue weighted by Gasteiger charge is -2.32. The number of Topliss-reactive ketones (excluding diaryl/α,β-unsaturated/α-hetero) is 1. The maximum Gasteiger partial charge on any atom is 0.254 e. The third-order valence-electron chi connectivity index (χ3n) is 1.78. The van der Waals surface area contributed by atoms with Crippen molar-refractivity contribution in [2.75, 3.05) is 14.2 Å². The predicted octanol–water partition coefficient (Wildman–Crippen LogP) is -0.172. The summed E-state index contributed by atoms with van der Waals surface area (Å²) in [4.78, 5) is 11.3. The molecular weight excluding hydrogens is 172 g/mol. The molecule has 0 radical (unpaired) electrons. The molecule has 0 aliphatic heterocycles. The summed E-state index contributed by atoms with van der Waals surface area (Å²) in [6.07, 6.45) is 0. The highest BCUT2D eigenvalue weighted by Gasteiger charge is 2.55. The van der Waals surface area contributed by atoms with Crippen molar-refractivity contribution < 1.29 is 19.4 Å². The Labute approximate surface area is 76.1 Å². The van der Waals surface area contributed by atoms with Crippen LogP contribution in [0.5, 0.6) is 0 Å². The van der Waals surface area contributed by atoms with Gasteiger partial charge in [-0.05, 0) is 6.92 Å². The molecule has 4 heteroatoms. The van der Waals surface area contributed by atoms with Crippen molar-refractivity contribution in [1.29, 1.82) is 0 Å². The fraction of sp³-hybridized carbons (Fsp3) is 0.444. The van der Waals surface area contributed by atoms with Crippen LogP contribution in [0.1, 0.15) is 6.92 Å². The van der Waals surface area contributed by atoms with Crippen LogP contribution in [-0.2, 0) is 14.3 Å². The molecule has 13 heavy (non-hydrogen) atoms. The van der Waals surface area contributed by atoms with Crippen molar-refractivity contribution in [1.82, 2.24) is 0 Å². The Morgan fingerprint density at radius 1 is 1.38 bits per heavy atom. The van der Waals surface area contributed by atoms with Crippen molar-refractivity contribution in [2.24, 2.45) is 0 Å². The van der Waals surface area contributed by atoms with Gasteiger partial charge in [0.25, 0.3) is 11.4 Å². The lowest BCUT2D eigenvalue weighted by Crippen LogP contribution is -2.51. The summed E-state index contributed by atoms with van der Waals surface area (Å²) in [7, 11) is 2.69. The third-order valence-corrected chi connectivity index (χ3v) is 1.78. The molecule has 1 aliphatic rings. The average molecular weight is 182 g/mol.